The highest BCUT2D eigenvalue weighted by Crippen LogP contribution is 2.25. The predicted molar refractivity (Wildman–Crippen MR) is 93.5 cm³/mol. The van der Waals surface area contributed by atoms with Gasteiger partial charge in [0.15, 0.2) is 0 Å². The first-order valence-electron chi connectivity index (χ1n) is 8.46. The summed E-state index contributed by atoms with van der Waals surface area (Å²) in [4.78, 5) is 26.0. The number of nitrogens with two attached hydrogens (primary N) is 1. The van der Waals surface area contributed by atoms with Gasteiger partial charge >= 0.3 is 0 Å². The third kappa shape index (κ3) is 4.43. The van der Waals surface area contributed by atoms with E-state index in [0.29, 0.717) is 18.0 Å². The van der Waals surface area contributed by atoms with Gasteiger partial charge in [0, 0.05) is 19.8 Å². The van der Waals surface area contributed by atoms with Crippen molar-refractivity contribution in [1.82, 2.24) is 14.7 Å². The number of amides is 2. The third-order valence-corrected chi connectivity index (χ3v) is 4.39. The Hall–Kier alpha value is -2.94. The van der Waals surface area contributed by atoms with E-state index >= 15 is 0 Å². The van der Waals surface area contributed by atoms with Crippen molar-refractivity contribution in [2.45, 2.75) is 12.0 Å². The first kappa shape index (κ1) is 18.8. The first-order valence-corrected chi connectivity index (χ1v) is 8.46. The Bertz CT molecular complexity index is 823. The van der Waals surface area contributed by atoms with E-state index < -0.39 is 11.5 Å². The zero-order valence-electron chi connectivity index (χ0n) is 14.9. The maximum absolute atomic E-state index is 13.0. The van der Waals surface area contributed by atoms with Crippen molar-refractivity contribution >= 4 is 11.8 Å². The van der Waals surface area contributed by atoms with Gasteiger partial charge in [-0.25, -0.2) is 4.39 Å². The number of carbonyl (C=O) groups is 2. The smallest absolute Gasteiger partial charge is 0.272 e. The van der Waals surface area contributed by atoms with E-state index in [1.165, 1.54) is 28.9 Å². The van der Waals surface area contributed by atoms with E-state index in [9.17, 15) is 14.0 Å². The molecule has 1 aromatic carbocycles. The van der Waals surface area contributed by atoms with Crippen LogP contribution in [0.1, 0.15) is 16.9 Å². The topological polar surface area (TPSA) is 99.7 Å². The highest BCUT2D eigenvalue weighted by atomic mass is 19.1. The van der Waals surface area contributed by atoms with Gasteiger partial charge in [-0.2, -0.15) is 5.10 Å². The number of ether oxygens (including phenoxy) is 2. The van der Waals surface area contributed by atoms with Crippen LogP contribution in [0.4, 0.5) is 4.39 Å². The molecule has 1 aromatic heterocycles. The fourth-order valence-corrected chi connectivity index (χ4v) is 3.07. The summed E-state index contributed by atoms with van der Waals surface area (Å²) in [6, 6.07) is 7.14. The van der Waals surface area contributed by atoms with Gasteiger partial charge in [-0.05, 0) is 30.3 Å². The average molecular weight is 376 g/mol. The lowest BCUT2D eigenvalue weighted by Crippen LogP contribution is -2.58. The van der Waals surface area contributed by atoms with Crippen LogP contribution in [0.3, 0.4) is 0 Å². The van der Waals surface area contributed by atoms with Gasteiger partial charge in [0.05, 0.1) is 19.6 Å². The number of carbonyl (C=O) groups excluding carboxylic acids is 2. The highest BCUT2D eigenvalue weighted by molar-refractivity contribution is 5.92. The molecule has 0 aliphatic carbocycles. The van der Waals surface area contributed by atoms with Crippen LogP contribution in [0.5, 0.6) is 5.75 Å². The van der Waals surface area contributed by atoms with E-state index in [2.05, 4.69) is 5.10 Å². The molecule has 1 aliphatic rings. The van der Waals surface area contributed by atoms with E-state index in [-0.39, 0.29) is 37.9 Å². The van der Waals surface area contributed by atoms with Gasteiger partial charge in [-0.3, -0.25) is 14.3 Å². The molecular formula is C18H21FN4O4. The minimum atomic E-state index is -1.08. The van der Waals surface area contributed by atoms with Gasteiger partial charge in [-0.15, -0.1) is 0 Å². The quantitative estimate of drug-likeness (QED) is 0.801. The molecule has 1 aliphatic heterocycles. The number of primary amides is 1. The van der Waals surface area contributed by atoms with Crippen LogP contribution < -0.4 is 10.5 Å². The van der Waals surface area contributed by atoms with Crippen LogP contribution in [0.15, 0.2) is 36.5 Å². The Kier molecular flexibility index (Phi) is 5.41. The normalized spacial score (nSPS) is 19.7. The molecule has 0 saturated carbocycles. The maximum atomic E-state index is 13.0. The molecule has 2 heterocycles. The van der Waals surface area contributed by atoms with Gasteiger partial charge < -0.3 is 20.1 Å². The molecule has 144 valence electrons. The molecule has 9 heteroatoms. The second-order valence-electron chi connectivity index (χ2n) is 6.48. The molecule has 8 nitrogen and oxygen atoms in total. The highest BCUT2D eigenvalue weighted by Gasteiger charge is 2.41. The summed E-state index contributed by atoms with van der Waals surface area (Å²) < 4.78 is 26.1. The Balaban J connectivity index is 1.76. The van der Waals surface area contributed by atoms with Gasteiger partial charge in [0.2, 0.25) is 5.91 Å². The fourth-order valence-electron chi connectivity index (χ4n) is 3.07. The summed E-state index contributed by atoms with van der Waals surface area (Å²) in [5.41, 5.74) is 4.75. The number of halogens is 1. The molecule has 1 saturated heterocycles. The number of rotatable bonds is 6. The second kappa shape index (κ2) is 7.75. The van der Waals surface area contributed by atoms with E-state index in [1.807, 2.05) is 0 Å². The minimum absolute atomic E-state index is 0.00323. The molecule has 0 radical (unpaired) electrons. The molecule has 1 fully saturated rings. The van der Waals surface area contributed by atoms with E-state index in [4.69, 9.17) is 15.2 Å². The lowest BCUT2D eigenvalue weighted by molar-refractivity contribution is -0.142. The van der Waals surface area contributed by atoms with Crippen LogP contribution in [0.25, 0.3) is 0 Å². The number of benzene rings is 1. The Morgan fingerprint density at radius 1 is 1.33 bits per heavy atom. The molecular weight excluding hydrogens is 355 g/mol. The number of hydrogen-bond acceptors (Lipinski definition) is 5. The lowest BCUT2D eigenvalue weighted by Gasteiger charge is -2.41. The average Bonchev–Trinajstić information content (AvgIpc) is 3.06. The van der Waals surface area contributed by atoms with Crippen LogP contribution in [0, 0.1) is 5.82 Å². The van der Waals surface area contributed by atoms with Gasteiger partial charge in [0.25, 0.3) is 5.91 Å². The van der Waals surface area contributed by atoms with Crippen molar-refractivity contribution in [3.05, 3.63) is 48.0 Å². The fraction of sp³-hybridized carbons (Fsp3) is 0.389. The van der Waals surface area contributed by atoms with Gasteiger partial charge in [0.1, 0.15) is 29.5 Å². The molecule has 2 aromatic rings. The third-order valence-electron chi connectivity index (χ3n) is 4.39. The van der Waals surface area contributed by atoms with E-state index in [0.717, 1.165) is 0 Å². The predicted octanol–water partition coefficient (Wildman–Crippen LogP) is 0.725. The molecule has 0 bridgehead atoms. The number of nitrogens with zero attached hydrogens (tertiary/aromatic N) is 3. The summed E-state index contributed by atoms with van der Waals surface area (Å²) in [5, 5.41) is 4.01. The molecule has 0 spiro atoms. The summed E-state index contributed by atoms with van der Waals surface area (Å²) in [6.45, 7) is 0.753. The zero-order chi connectivity index (χ0) is 19.4. The monoisotopic (exact) mass is 376 g/mol. The molecule has 2 N–H and O–H groups in total. The van der Waals surface area contributed by atoms with Gasteiger partial charge in [-0.1, -0.05) is 0 Å². The van der Waals surface area contributed by atoms with Crippen LogP contribution in [-0.2, 0) is 16.6 Å². The van der Waals surface area contributed by atoms with E-state index in [1.54, 1.807) is 24.2 Å². The van der Waals surface area contributed by atoms with Crippen molar-refractivity contribution in [3.8, 4) is 5.75 Å². The van der Waals surface area contributed by atoms with Crippen LogP contribution in [-0.4, -0.2) is 58.4 Å². The Morgan fingerprint density at radius 3 is 2.70 bits per heavy atom. The number of morpholine rings is 1. The largest absolute Gasteiger partial charge is 0.490 e. The summed E-state index contributed by atoms with van der Waals surface area (Å²) in [7, 11) is 1.68. The summed E-state index contributed by atoms with van der Waals surface area (Å²) >= 11 is 0. The van der Waals surface area contributed by atoms with Crippen molar-refractivity contribution in [2.75, 3.05) is 26.3 Å². The maximum Gasteiger partial charge on any atom is 0.272 e. The number of aryl methyl sites for hydroxylation is 1. The van der Waals surface area contributed by atoms with Crippen LogP contribution >= 0.6 is 0 Å². The molecule has 1 atom stereocenters. The minimum Gasteiger partial charge on any atom is -0.490 e. The molecule has 0 unspecified atom stereocenters. The van der Waals surface area contributed by atoms with Crippen molar-refractivity contribution in [2.24, 2.45) is 12.8 Å². The SMILES string of the molecule is Cn1nccc1C(=O)N1CCO[C@@](COc2ccc(F)cc2)(CC(N)=O)C1. The van der Waals surface area contributed by atoms with Crippen molar-refractivity contribution in [1.29, 1.82) is 0 Å². The Morgan fingerprint density at radius 2 is 2.07 bits per heavy atom. The number of hydrogen-bond donors (Lipinski definition) is 1. The molecule has 27 heavy (non-hydrogen) atoms. The molecule has 2 amide bonds. The van der Waals surface area contributed by atoms with Crippen molar-refractivity contribution < 1.29 is 23.5 Å². The van der Waals surface area contributed by atoms with Crippen LogP contribution in [0.2, 0.25) is 0 Å². The summed E-state index contributed by atoms with van der Waals surface area (Å²) in [6.07, 6.45) is 1.44. The summed E-state index contributed by atoms with van der Waals surface area (Å²) in [5.74, 6) is -0.725. The molecule has 3 rings (SSSR count). The standard InChI is InChI=1S/C18H21FN4O4/c1-22-15(6-7-21-22)17(25)23-8-9-27-18(11-23,10-16(20)24)12-26-14-4-2-13(19)3-5-14/h2-7H,8-12H2,1H3,(H2,20,24)/t18-/m0/s1. The lowest BCUT2D eigenvalue weighted by atomic mass is 9.97. The Labute approximate surface area is 155 Å². The first-order chi connectivity index (χ1) is 12.9. The zero-order valence-corrected chi connectivity index (χ0v) is 14.9. The second-order valence-corrected chi connectivity index (χ2v) is 6.48. The van der Waals surface area contributed by atoms with Crippen molar-refractivity contribution in [3.63, 3.8) is 0 Å². The number of aromatic nitrogens is 2.